The normalized spacial score (nSPS) is 12.2. The summed E-state index contributed by atoms with van der Waals surface area (Å²) < 4.78 is 19.4. The molecule has 3 N–H and O–H groups in total. The lowest BCUT2D eigenvalue weighted by molar-refractivity contribution is 0.0696. The summed E-state index contributed by atoms with van der Waals surface area (Å²) in [6, 6.07) is 4.59. The second kappa shape index (κ2) is 7.67. The molecule has 0 saturated heterocycles. The number of rotatable bonds is 5. The third kappa shape index (κ3) is 3.95. The van der Waals surface area contributed by atoms with Crippen molar-refractivity contribution in [2.24, 2.45) is 5.92 Å². The Bertz CT molecular complexity index is 1050. The highest BCUT2D eigenvalue weighted by molar-refractivity contribution is 5.93. The Morgan fingerprint density at radius 2 is 1.96 bits per heavy atom. The monoisotopic (exact) mass is 385 g/mol. The fourth-order valence-corrected chi connectivity index (χ4v) is 2.98. The highest BCUT2D eigenvalue weighted by Crippen LogP contribution is 2.33. The molecule has 2 aromatic heterocycles. The van der Waals surface area contributed by atoms with E-state index in [0.717, 1.165) is 5.56 Å². The van der Waals surface area contributed by atoms with Crippen molar-refractivity contribution in [2.75, 3.05) is 5.32 Å². The number of hydrogen-bond donors (Lipinski definition) is 3. The number of fused-ring (bicyclic) bond motifs is 1. The number of aryl methyl sites for hydroxylation is 1. The van der Waals surface area contributed by atoms with E-state index < -0.39 is 18.0 Å². The van der Waals surface area contributed by atoms with Gasteiger partial charge < -0.3 is 20.2 Å². The number of nitrogens with one attached hydrogen (secondary N) is 2. The molecule has 0 unspecified atom stereocenters. The minimum Gasteiger partial charge on any atom is -0.478 e. The zero-order valence-corrected chi connectivity index (χ0v) is 15.6. The Hall–Kier alpha value is -3.42. The van der Waals surface area contributed by atoms with Crippen molar-refractivity contribution in [3.63, 3.8) is 0 Å². The average molecular weight is 385 g/mol. The average Bonchev–Trinajstić information content (AvgIpc) is 2.95. The first kappa shape index (κ1) is 19.3. The number of anilines is 1. The van der Waals surface area contributed by atoms with Gasteiger partial charge in [0.15, 0.2) is 0 Å². The quantitative estimate of drug-likeness (QED) is 0.600. The van der Waals surface area contributed by atoms with Crippen LogP contribution in [0.1, 0.15) is 41.6 Å². The van der Waals surface area contributed by atoms with E-state index in [9.17, 15) is 14.0 Å². The summed E-state index contributed by atoms with van der Waals surface area (Å²) in [6.07, 6.45) is 2.55. The second-order valence-electron chi connectivity index (χ2n) is 6.82. The highest BCUT2D eigenvalue weighted by Gasteiger charge is 2.25. The molecule has 28 heavy (non-hydrogen) atoms. The van der Waals surface area contributed by atoms with Crippen LogP contribution in [-0.4, -0.2) is 22.1 Å². The molecule has 1 aromatic carbocycles. The van der Waals surface area contributed by atoms with Crippen LogP contribution in [0.3, 0.4) is 0 Å². The lowest BCUT2D eigenvalue weighted by atomic mass is 9.98. The molecular weight excluding hydrogens is 365 g/mol. The first-order chi connectivity index (χ1) is 13.3. The predicted molar refractivity (Wildman–Crippen MR) is 102 cm³/mol. The van der Waals surface area contributed by atoms with Crippen LogP contribution in [0.4, 0.5) is 14.9 Å². The second-order valence-corrected chi connectivity index (χ2v) is 6.82. The minimum absolute atomic E-state index is 0.0154. The molecule has 0 aliphatic rings. The Morgan fingerprint density at radius 3 is 2.64 bits per heavy atom. The summed E-state index contributed by atoms with van der Waals surface area (Å²) >= 11 is 0. The van der Waals surface area contributed by atoms with Gasteiger partial charge in [-0.2, -0.15) is 0 Å². The molecule has 0 spiro atoms. The van der Waals surface area contributed by atoms with Crippen LogP contribution < -0.4 is 10.6 Å². The number of aromatic carboxylic acids is 1. The number of carbonyl (C=O) groups excluding carboxylic acids is 1. The molecule has 8 heteroatoms. The fraction of sp³-hybridized carbons (Fsp3) is 0.250. The molecule has 0 aliphatic carbocycles. The number of furan rings is 1. The van der Waals surface area contributed by atoms with Gasteiger partial charge in [0.1, 0.15) is 17.2 Å². The molecular formula is C20H20FN3O4. The summed E-state index contributed by atoms with van der Waals surface area (Å²) in [5.41, 5.74) is 1.51. The third-order valence-electron chi connectivity index (χ3n) is 4.41. The fourth-order valence-electron chi connectivity index (χ4n) is 2.98. The maximum atomic E-state index is 13.6. The van der Waals surface area contributed by atoms with E-state index in [0.29, 0.717) is 16.7 Å². The number of hydrogen-bond acceptors (Lipinski definition) is 4. The van der Waals surface area contributed by atoms with Gasteiger partial charge in [-0.1, -0.05) is 13.8 Å². The van der Waals surface area contributed by atoms with Gasteiger partial charge in [-0.15, -0.1) is 0 Å². The van der Waals surface area contributed by atoms with Crippen LogP contribution in [0, 0.1) is 18.7 Å². The summed E-state index contributed by atoms with van der Waals surface area (Å²) in [5.74, 6) is -0.969. The van der Waals surface area contributed by atoms with Crippen molar-refractivity contribution in [1.82, 2.24) is 10.3 Å². The highest BCUT2D eigenvalue weighted by atomic mass is 19.1. The maximum absolute atomic E-state index is 13.6. The number of nitrogens with zero attached hydrogens (tertiary/aromatic N) is 1. The van der Waals surface area contributed by atoms with E-state index in [1.54, 1.807) is 6.07 Å². The number of urea groups is 1. The molecule has 3 aromatic rings. The maximum Gasteiger partial charge on any atom is 0.337 e. The van der Waals surface area contributed by atoms with Crippen molar-refractivity contribution >= 4 is 28.7 Å². The first-order valence-corrected chi connectivity index (χ1v) is 8.70. The Labute approximate surface area is 160 Å². The van der Waals surface area contributed by atoms with E-state index in [4.69, 9.17) is 9.52 Å². The number of carboxylic acid groups (broad SMARTS) is 1. The summed E-state index contributed by atoms with van der Waals surface area (Å²) in [4.78, 5) is 27.3. The number of pyridine rings is 1. The van der Waals surface area contributed by atoms with E-state index in [1.165, 1.54) is 30.6 Å². The van der Waals surface area contributed by atoms with Gasteiger partial charge in [0.05, 0.1) is 23.5 Å². The molecule has 2 amide bonds. The summed E-state index contributed by atoms with van der Waals surface area (Å²) in [6.45, 7) is 5.66. The Kier molecular flexibility index (Phi) is 5.30. The first-order valence-electron chi connectivity index (χ1n) is 8.70. The topological polar surface area (TPSA) is 104 Å². The van der Waals surface area contributed by atoms with E-state index in [-0.39, 0.29) is 23.0 Å². The zero-order valence-electron chi connectivity index (χ0n) is 15.6. The van der Waals surface area contributed by atoms with Gasteiger partial charge in [0.2, 0.25) is 0 Å². The lowest BCUT2D eigenvalue weighted by Gasteiger charge is -2.21. The van der Waals surface area contributed by atoms with E-state index >= 15 is 0 Å². The van der Waals surface area contributed by atoms with Crippen LogP contribution in [0.2, 0.25) is 0 Å². The van der Waals surface area contributed by atoms with Crippen molar-refractivity contribution < 1.29 is 23.5 Å². The molecule has 0 saturated carbocycles. The summed E-state index contributed by atoms with van der Waals surface area (Å²) in [7, 11) is 0. The zero-order chi connectivity index (χ0) is 20.4. The van der Waals surface area contributed by atoms with Crippen molar-refractivity contribution in [2.45, 2.75) is 26.8 Å². The van der Waals surface area contributed by atoms with Crippen LogP contribution >= 0.6 is 0 Å². The number of carbonyl (C=O) groups is 2. The lowest BCUT2D eigenvalue weighted by Crippen LogP contribution is -2.35. The van der Waals surface area contributed by atoms with Crippen LogP contribution in [0.5, 0.6) is 0 Å². The largest absolute Gasteiger partial charge is 0.478 e. The molecule has 0 radical (unpaired) electrons. The van der Waals surface area contributed by atoms with E-state index in [1.807, 2.05) is 20.8 Å². The third-order valence-corrected chi connectivity index (χ3v) is 4.41. The number of aromatic nitrogens is 1. The SMILES string of the molecule is Cc1c([C@@H](NC(=O)Nc2cncc(C(=O)O)c2)C(C)C)oc2ccc(F)cc12. The van der Waals surface area contributed by atoms with Crippen molar-refractivity contribution in [3.8, 4) is 0 Å². The molecule has 3 rings (SSSR count). The number of amides is 2. The molecule has 7 nitrogen and oxygen atoms in total. The van der Waals surface area contributed by atoms with Crippen LogP contribution in [-0.2, 0) is 0 Å². The summed E-state index contributed by atoms with van der Waals surface area (Å²) in [5, 5.41) is 15.1. The molecule has 0 bridgehead atoms. The Morgan fingerprint density at radius 1 is 1.21 bits per heavy atom. The standard InChI is InChI=1S/C20H20FN3O4/c1-10(2)17(18-11(3)15-7-13(21)4-5-16(15)28-18)24-20(27)23-14-6-12(19(25)26)8-22-9-14/h4-10,17H,1-3H3,(H,25,26)(H2,23,24,27)/t17-/m0/s1. The van der Waals surface area contributed by atoms with Crippen LogP contribution in [0.25, 0.3) is 11.0 Å². The van der Waals surface area contributed by atoms with Gasteiger partial charge in [0, 0.05) is 17.1 Å². The van der Waals surface area contributed by atoms with Gasteiger partial charge in [0.25, 0.3) is 0 Å². The van der Waals surface area contributed by atoms with Crippen molar-refractivity contribution in [3.05, 3.63) is 59.4 Å². The molecule has 146 valence electrons. The van der Waals surface area contributed by atoms with Crippen LogP contribution in [0.15, 0.2) is 41.1 Å². The van der Waals surface area contributed by atoms with Gasteiger partial charge in [-0.3, -0.25) is 4.98 Å². The smallest absolute Gasteiger partial charge is 0.337 e. The van der Waals surface area contributed by atoms with Gasteiger partial charge in [-0.05, 0) is 37.1 Å². The predicted octanol–water partition coefficient (Wildman–Crippen LogP) is 4.49. The molecule has 1 atom stereocenters. The van der Waals surface area contributed by atoms with Gasteiger partial charge >= 0.3 is 12.0 Å². The van der Waals surface area contributed by atoms with E-state index in [2.05, 4.69) is 15.6 Å². The number of carboxylic acids is 1. The Balaban J connectivity index is 1.84. The number of halogens is 1. The molecule has 2 heterocycles. The van der Waals surface area contributed by atoms with Gasteiger partial charge in [-0.25, -0.2) is 14.0 Å². The van der Waals surface area contributed by atoms with Crippen molar-refractivity contribution in [1.29, 1.82) is 0 Å². The molecule has 0 aliphatic heterocycles. The minimum atomic E-state index is -1.14. The molecule has 0 fully saturated rings. The number of benzene rings is 1.